The van der Waals surface area contributed by atoms with Gasteiger partial charge < -0.3 is 10.4 Å². The Kier molecular flexibility index (Phi) is 5.59. The Balaban J connectivity index is 1.79. The van der Waals surface area contributed by atoms with Gasteiger partial charge in [0.2, 0.25) is 0 Å². The van der Waals surface area contributed by atoms with E-state index in [1.54, 1.807) is 7.05 Å². The first-order chi connectivity index (χ1) is 15.1. The number of nitrogens with zero attached hydrogens (tertiary/aromatic N) is 4. The number of carbonyl (C=O) groups is 1. The highest BCUT2D eigenvalue weighted by Gasteiger charge is 2.31. The molecule has 11 heteroatoms. The molecule has 0 radical (unpaired) electrons. The Morgan fingerprint density at radius 1 is 1.22 bits per heavy atom. The van der Waals surface area contributed by atoms with Crippen LogP contribution in [0.25, 0.3) is 16.9 Å². The molecular formula is C21H20F3N5O3. The molecule has 1 aromatic carbocycles. The molecule has 0 saturated heterocycles. The van der Waals surface area contributed by atoms with Crippen molar-refractivity contribution in [2.24, 2.45) is 7.05 Å². The molecule has 0 unspecified atom stereocenters. The Bertz CT molecular complexity index is 1200. The lowest BCUT2D eigenvalue weighted by Gasteiger charge is -2.17. The highest BCUT2D eigenvalue weighted by Crippen LogP contribution is 2.30. The van der Waals surface area contributed by atoms with Gasteiger partial charge in [0, 0.05) is 12.6 Å². The molecule has 3 aromatic rings. The van der Waals surface area contributed by atoms with Crippen molar-refractivity contribution in [2.75, 3.05) is 0 Å². The molecule has 0 aliphatic heterocycles. The van der Waals surface area contributed by atoms with E-state index in [0.717, 1.165) is 23.2 Å². The molecule has 2 aromatic heterocycles. The van der Waals surface area contributed by atoms with Crippen molar-refractivity contribution < 1.29 is 23.1 Å². The van der Waals surface area contributed by atoms with Crippen LogP contribution in [-0.2, 0) is 13.2 Å². The van der Waals surface area contributed by atoms with Gasteiger partial charge in [-0.3, -0.25) is 14.3 Å². The van der Waals surface area contributed by atoms with E-state index in [9.17, 15) is 27.9 Å². The van der Waals surface area contributed by atoms with E-state index in [4.69, 9.17) is 0 Å². The average molecular weight is 447 g/mol. The first-order valence-electron chi connectivity index (χ1n) is 9.93. The molecule has 2 N–H and O–H groups in total. The second-order valence-corrected chi connectivity index (χ2v) is 7.69. The molecule has 1 fully saturated rings. The van der Waals surface area contributed by atoms with E-state index in [1.807, 2.05) is 0 Å². The Morgan fingerprint density at radius 2 is 1.94 bits per heavy atom. The van der Waals surface area contributed by atoms with Crippen molar-refractivity contribution in [3.63, 3.8) is 0 Å². The summed E-state index contributed by atoms with van der Waals surface area (Å²) >= 11 is 0. The Labute approximate surface area is 180 Å². The standard InChI is InChI=1S/C21H20F3N5O3/c1-28-11-14(10-25-28)29-20(32)15(19(31)26-16-3-2-4-18(16)30)9-17(27-29)12-5-7-13(8-6-12)21(22,23)24/h5-11,16,18,30H,2-4H2,1H3,(H,26,31)/t16-,18+/m1/s1. The molecular weight excluding hydrogens is 427 g/mol. The van der Waals surface area contributed by atoms with E-state index in [1.165, 1.54) is 35.3 Å². The van der Waals surface area contributed by atoms with E-state index in [-0.39, 0.29) is 11.3 Å². The van der Waals surface area contributed by atoms with Gasteiger partial charge in [-0.05, 0) is 37.5 Å². The Morgan fingerprint density at radius 3 is 2.50 bits per heavy atom. The third kappa shape index (κ3) is 4.28. The van der Waals surface area contributed by atoms with Crippen molar-refractivity contribution in [3.8, 4) is 16.9 Å². The number of aromatic nitrogens is 4. The lowest BCUT2D eigenvalue weighted by Crippen LogP contribution is -2.42. The highest BCUT2D eigenvalue weighted by molar-refractivity contribution is 5.95. The van der Waals surface area contributed by atoms with Crippen LogP contribution in [-0.4, -0.2) is 42.7 Å². The van der Waals surface area contributed by atoms with Crippen LogP contribution in [0.2, 0.25) is 0 Å². The molecule has 2 atom stereocenters. The number of nitrogens with one attached hydrogen (secondary N) is 1. The highest BCUT2D eigenvalue weighted by atomic mass is 19.4. The van der Waals surface area contributed by atoms with Crippen LogP contribution in [0.15, 0.2) is 47.5 Å². The molecule has 32 heavy (non-hydrogen) atoms. The number of rotatable bonds is 4. The zero-order chi connectivity index (χ0) is 23.0. The summed E-state index contributed by atoms with van der Waals surface area (Å²) in [5, 5.41) is 20.9. The predicted octanol–water partition coefficient (Wildman–Crippen LogP) is 2.29. The molecule has 1 saturated carbocycles. The van der Waals surface area contributed by atoms with Gasteiger partial charge in [-0.2, -0.15) is 28.1 Å². The van der Waals surface area contributed by atoms with Crippen LogP contribution in [0.4, 0.5) is 13.2 Å². The molecule has 2 heterocycles. The van der Waals surface area contributed by atoms with Crippen LogP contribution < -0.4 is 10.9 Å². The molecule has 1 aliphatic rings. The van der Waals surface area contributed by atoms with E-state index in [2.05, 4.69) is 15.5 Å². The minimum atomic E-state index is -4.49. The minimum Gasteiger partial charge on any atom is -0.391 e. The maximum atomic E-state index is 13.0. The second kappa shape index (κ2) is 8.23. The van der Waals surface area contributed by atoms with Crippen molar-refractivity contribution >= 4 is 5.91 Å². The number of aryl methyl sites for hydroxylation is 1. The fourth-order valence-electron chi connectivity index (χ4n) is 3.68. The summed E-state index contributed by atoms with van der Waals surface area (Å²) in [4.78, 5) is 25.9. The monoisotopic (exact) mass is 447 g/mol. The van der Waals surface area contributed by atoms with Gasteiger partial charge in [0.25, 0.3) is 11.5 Å². The van der Waals surface area contributed by atoms with Gasteiger partial charge >= 0.3 is 6.18 Å². The fourth-order valence-corrected chi connectivity index (χ4v) is 3.68. The molecule has 1 aliphatic carbocycles. The van der Waals surface area contributed by atoms with Crippen molar-refractivity contribution in [2.45, 2.75) is 37.6 Å². The quantitative estimate of drug-likeness (QED) is 0.639. The number of halogens is 3. The van der Waals surface area contributed by atoms with Crippen molar-refractivity contribution in [3.05, 3.63) is 64.2 Å². The molecule has 8 nitrogen and oxygen atoms in total. The summed E-state index contributed by atoms with van der Waals surface area (Å²) in [6.07, 6.45) is -0.401. The number of aliphatic hydroxyl groups is 1. The summed E-state index contributed by atoms with van der Waals surface area (Å²) < 4.78 is 41.2. The predicted molar refractivity (Wildman–Crippen MR) is 108 cm³/mol. The van der Waals surface area contributed by atoms with Gasteiger partial charge in [-0.15, -0.1) is 0 Å². The zero-order valence-electron chi connectivity index (χ0n) is 17.0. The molecule has 168 valence electrons. The van der Waals surface area contributed by atoms with Gasteiger partial charge in [0.05, 0.1) is 35.8 Å². The fraction of sp³-hybridized carbons (Fsp3) is 0.333. The van der Waals surface area contributed by atoms with Gasteiger partial charge in [-0.1, -0.05) is 12.1 Å². The van der Waals surface area contributed by atoms with E-state index >= 15 is 0 Å². The maximum Gasteiger partial charge on any atom is 0.416 e. The third-order valence-electron chi connectivity index (χ3n) is 5.40. The largest absolute Gasteiger partial charge is 0.416 e. The molecule has 0 spiro atoms. The zero-order valence-corrected chi connectivity index (χ0v) is 17.0. The number of alkyl halides is 3. The van der Waals surface area contributed by atoms with Gasteiger partial charge in [0.15, 0.2) is 0 Å². The number of hydrogen-bond acceptors (Lipinski definition) is 5. The minimum absolute atomic E-state index is 0.138. The number of hydrogen-bond donors (Lipinski definition) is 2. The molecule has 4 rings (SSSR count). The summed E-state index contributed by atoms with van der Waals surface area (Å²) in [5.41, 5.74) is -1.04. The smallest absolute Gasteiger partial charge is 0.391 e. The first-order valence-corrected chi connectivity index (χ1v) is 9.93. The second-order valence-electron chi connectivity index (χ2n) is 7.69. The summed E-state index contributed by atoms with van der Waals surface area (Å²) in [6.45, 7) is 0. The summed E-state index contributed by atoms with van der Waals surface area (Å²) in [5.74, 6) is -0.686. The van der Waals surface area contributed by atoms with E-state index < -0.39 is 35.4 Å². The van der Waals surface area contributed by atoms with Crippen LogP contribution in [0, 0.1) is 0 Å². The summed E-state index contributed by atoms with van der Waals surface area (Å²) in [6, 6.07) is 5.04. The van der Waals surface area contributed by atoms with Crippen molar-refractivity contribution in [1.82, 2.24) is 24.9 Å². The number of benzene rings is 1. The SMILES string of the molecule is Cn1cc(-n2nc(-c3ccc(C(F)(F)F)cc3)cc(C(=O)N[C@@H]3CCC[C@@H]3O)c2=O)cn1. The molecule has 1 amide bonds. The number of carbonyl (C=O) groups excluding carboxylic acids is 1. The number of amides is 1. The first kappa shape index (κ1) is 21.8. The van der Waals surface area contributed by atoms with E-state index in [0.29, 0.717) is 24.1 Å². The van der Waals surface area contributed by atoms with Crippen LogP contribution >= 0.6 is 0 Å². The maximum absolute atomic E-state index is 13.0. The number of aliphatic hydroxyl groups excluding tert-OH is 1. The lowest BCUT2D eigenvalue weighted by atomic mass is 10.1. The van der Waals surface area contributed by atoms with Crippen LogP contribution in [0.1, 0.15) is 35.2 Å². The topological polar surface area (TPSA) is 102 Å². The lowest BCUT2D eigenvalue weighted by molar-refractivity contribution is -0.137. The average Bonchev–Trinajstić information content (AvgIpc) is 3.35. The van der Waals surface area contributed by atoms with Crippen molar-refractivity contribution in [1.29, 1.82) is 0 Å². The Hall–Kier alpha value is -3.47. The third-order valence-corrected chi connectivity index (χ3v) is 5.40. The summed E-state index contributed by atoms with van der Waals surface area (Å²) in [7, 11) is 1.64. The van der Waals surface area contributed by atoms with Crippen LogP contribution in [0.3, 0.4) is 0 Å². The molecule has 0 bridgehead atoms. The van der Waals surface area contributed by atoms with Gasteiger partial charge in [-0.25, -0.2) is 0 Å². The van der Waals surface area contributed by atoms with Crippen LogP contribution in [0.5, 0.6) is 0 Å². The van der Waals surface area contributed by atoms with Gasteiger partial charge in [0.1, 0.15) is 11.3 Å². The normalized spacial score (nSPS) is 18.7.